The number of nitrogens with zero attached hydrogens (tertiary/aromatic N) is 3. The van der Waals surface area contributed by atoms with Crippen molar-refractivity contribution < 1.29 is 17.9 Å². The van der Waals surface area contributed by atoms with Gasteiger partial charge in [-0.15, -0.1) is 10.2 Å². The predicted octanol–water partition coefficient (Wildman–Crippen LogP) is 3.88. The second-order valence-corrected chi connectivity index (χ2v) is 13.6. The Kier molecular flexibility index (Phi) is 5.37. The number of rotatable bonds is 5. The van der Waals surface area contributed by atoms with Crippen LogP contribution in [0, 0.1) is 11.6 Å². The number of benzene rings is 1. The Morgan fingerprint density at radius 3 is 2.36 bits per heavy atom. The van der Waals surface area contributed by atoms with Crippen LogP contribution in [0.25, 0.3) is 0 Å². The average molecular weight is 411 g/mol. The van der Waals surface area contributed by atoms with E-state index in [1.165, 1.54) is 19.2 Å². The van der Waals surface area contributed by atoms with E-state index in [2.05, 4.69) is 44.1 Å². The third-order valence-electron chi connectivity index (χ3n) is 5.99. The smallest absolute Gasteiger partial charge is 0.192 e. The number of nitrogens with two attached hydrogens (primary N) is 1. The second kappa shape index (κ2) is 7.20. The molecule has 0 saturated carbocycles. The molecule has 2 aromatic rings. The van der Waals surface area contributed by atoms with Crippen LogP contribution in [0.4, 0.5) is 8.78 Å². The van der Waals surface area contributed by atoms with Crippen molar-refractivity contribution in [3.05, 3.63) is 41.0 Å². The lowest BCUT2D eigenvalue weighted by molar-refractivity contribution is 0.261. The standard InChI is InChI=1S/C19H28F2N4O2Si/c1-19(2,3)28(5,6)27-10-15-23-24-18-17(22)12(9-25(15)18)16-13(20)7-11(26-4)8-14(16)21/h7-8,12,17H,9-10,22H2,1-6H3/t12-,17-/m0/s1. The minimum atomic E-state index is -1.97. The molecule has 2 heterocycles. The number of methoxy groups -OCH3 is 1. The number of aromatic nitrogens is 3. The van der Waals surface area contributed by atoms with Gasteiger partial charge in [-0.2, -0.15) is 0 Å². The molecule has 0 amide bonds. The molecule has 1 aromatic heterocycles. The van der Waals surface area contributed by atoms with Crippen LogP contribution in [-0.4, -0.2) is 30.2 Å². The van der Waals surface area contributed by atoms with Gasteiger partial charge in [-0.05, 0) is 18.1 Å². The van der Waals surface area contributed by atoms with Crippen LogP contribution in [-0.2, 0) is 17.6 Å². The van der Waals surface area contributed by atoms with E-state index in [1.54, 1.807) is 0 Å². The van der Waals surface area contributed by atoms with Gasteiger partial charge in [0.2, 0.25) is 0 Å². The summed E-state index contributed by atoms with van der Waals surface area (Å²) in [5.41, 5.74) is 6.23. The van der Waals surface area contributed by atoms with Crippen molar-refractivity contribution in [2.75, 3.05) is 7.11 Å². The number of fused-ring (bicyclic) bond motifs is 1. The maximum Gasteiger partial charge on any atom is 0.192 e. The van der Waals surface area contributed by atoms with Crippen molar-refractivity contribution in [3.63, 3.8) is 0 Å². The lowest BCUT2D eigenvalue weighted by Gasteiger charge is -2.35. The Labute approximate surface area is 165 Å². The molecule has 6 nitrogen and oxygen atoms in total. The lowest BCUT2D eigenvalue weighted by Crippen LogP contribution is -2.40. The van der Waals surface area contributed by atoms with E-state index in [4.69, 9.17) is 14.9 Å². The largest absolute Gasteiger partial charge is 0.497 e. The molecule has 0 aliphatic carbocycles. The first-order chi connectivity index (χ1) is 13.0. The van der Waals surface area contributed by atoms with Gasteiger partial charge in [0, 0.05) is 30.2 Å². The van der Waals surface area contributed by atoms with Gasteiger partial charge in [0.25, 0.3) is 0 Å². The molecule has 3 rings (SSSR count). The van der Waals surface area contributed by atoms with Crippen LogP contribution in [0.15, 0.2) is 12.1 Å². The Balaban J connectivity index is 1.84. The summed E-state index contributed by atoms with van der Waals surface area (Å²) in [7, 11) is -0.600. The molecule has 0 fully saturated rings. The summed E-state index contributed by atoms with van der Waals surface area (Å²) in [6, 6.07) is 1.70. The zero-order valence-electron chi connectivity index (χ0n) is 17.2. The first-order valence-corrected chi connectivity index (χ1v) is 12.2. The highest BCUT2D eigenvalue weighted by Crippen LogP contribution is 2.41. The predicted molar refractivity (Wildman–Crippen MR) is 105 cm³/mol. The summed E-state index contributed by atoms with van der Waals surface area (Å²) in [6.07, 6.45) is 0. The van der Waals surface area contributed by atoms with Crippen molar-refractivity contribution in [3.8, 4) is 5.75 Å². The van der Waals surface area contributed by atoms with E-state index in [-0.39, 0.29) is 16.4 Å². The number of halogens is 2. The summed E-state index contributed by atoms with van der Waals surface area (Å²) in [4.78, 5) is 0. The fraction of sp³-hybridized carbons (Fsp3) is 0.579. The van der Waals surface area contributed by atoms with E-state index in [1.807, 2.05) is 4.57 Å². The molecule has 2 N–H and O–H groups in total. The third-order valence-corrected chi connectivity index (χ3v) is 10.5. The quantitative estimate of drug-likeness (QED) is 0.757. The maximum absolute atomic E-state index is 14.5. The number of ether oxygens (including phenoxy) is 1. The molecular formula is C19H28F2N4O2Si. The summed E-state index contributed by atoms with van der Waals surface area (Å²) in [5.74, 6) is -0.623. The van der Waals surface area contributed by atoms with E-state index in [9.17, 15) is 8.78 Å². The highest BCUT2D eigenvalue weighted by atomic mass is 28.4. The second-order valence-electron chi connectivity index (χ2n) is 8.77. The average Bonchev–Trinajstić information content (AvgIpc) is 3.12. The zero-order chi connectivity index (χ0) is 20.9. The maximum atomic E-state index is 14.5. The highest BCUT2D eigenvalue weighted by Gasteiger charge is 2.40. The Hall–Kier alpha value is -1.84. The zero-order valence-corrected chi connectivity index (χ0v) is 18.2. The van der Waals surface area contributed by atoms with E-state index in [0.717, 1.165) is 0 Å². The van der Waals surface area contributed by atoms with Crippen LogP contribution in [0.3, 0.4) is 0 Å². The topological polar surface area (TPSA) is 75.2 Å². The van der Waals surface area contributed by atoms with Gasteiger partial charge in [-0.1, -0.05) is 20.8 Å². The molecule has 0 spiro atoms. The van der Waals surface area contributed by atoms with Crippen LogP contribution in [0.1, 0.15) is 49.9 Å². The molecule has 1 aromatic carbocycles. The molecule has 1 aliphatic heterocycles. The molecule has 0 bridgehead atoms. The summed E-state index contributed by atoms with van der Waals surface area (Å²) in [6.45, 7) is 11.4. The first kappa shape index (κ1) is 20.9. The van der Waals surface area contributed by atoms with Crippen LogP contribution >= 0.6 is 0 Å². The van der Waals surface area contributed by atoms with Crippen LogP contribution in [0.2, 0.25) is 18.1 Å². The van der Waals surface area contributed by atoms with Gasteiger partial charge < -0.3 is 19.5 Å². The summed E-state index contributed by atoms with van der Waals surface area (Å²) >= 11 is 0. The molecule has 0 saturated heterocycles. The molecule has 0 radical (unpaired) electrons. The van der Waals surface area contributed by atoms with Crippen molar-refractivity contribution in [2.45, 2.75) is 64.0 Å². The minimum Gasteiger partial charge on any atom is -0.497 e. The van der Waals surface area contributed by atoms with E-state index in [0.29, 0.717) is 24.8 Å². The number of hydrogen-bond acceptors (Lipinski definition) is 5. The van der Waals surface area contributed by atoms with Crippen molar-refractivity contribution in [1.82, 2.24) is 14.8 Å². The Morgan fingerprint density at radius 2 is 1.82 bits per heavy atom. The van der Waals surface area contributed by atoms with Gasteiger partial charge in [0.15, 0.2) is 20.0 Å². The number of hydrogen-bond donors (Lipinski definition) is 1. The van der Waals surface area contributed by atoms with Gasteiger partial charge in [-0.3, -0.25) is 0 Å². The lowest BCUT2D eigenvalue weighted by atomic mass is 9.93. The van der Waals surface area contributed by atoms with E-state index >= 15 is 0 Å². The molecule has 154 valence electrons. The molecule has 28 heavy (non-hydrogen) atoms. The van der Waals surface area contributed by atoms with Crippen LogP contribution < -0.4 is 10.5 Å². The van der Waals surface area contributed by atoms with Crippen LogP contribution in [0.5, 0.6) is 5.75 Å². The Morgan fingerprint density at radius 1 is 1.21 bits per heavy atom. The van der Waals surface area contributed by atoms with Gasteiger partial charge in [0.1, 0.15) is 17.4 Å². The van der Waals surface area contributed by atoms with Gasteiger partial charge in [-0.25, -0.2) is 8.78 Å². The monoisotopic (exact) mass is 410 g/mol. The fourth-order valence-electron chi connectivity index (χ4n) is 3.16. The molecular weight excluding hydrogens is 382 g/mol. The van der Waals surface area contributed by atoms with Crippen molar-refractivity contribution in [2.24, 2.45) is 5.73 Å². The highest BCUT2D eigenvalue weighted by molar-refractivity contribution is 6.74. The van der Waals surface area contributed by atoms with Crippen molar-refractivity contribution >= 4 is 8.32 Å². The molecule has 2 atom stereocenters. The SMILES string of the molecule is COc1cc(F)c([C@@H]2Cn3c(CO[Si](C)(C)C(C)(C)C)nnc3[C@H]2N)c(F)c1. The fourth-order valence-corrected chi connectivity index (χ4v) is 4.08. The normalized spacial score (nSPS) is 19.8. The molecule has 9 heteroatoms. The van der Waals surface area contributed by atoms with E-state index < -0.39 is 31.9 Å². The third kappa shape index (κ3) is 3.58. The van der Waals surface area contributed by atoms with Crippen molar-refractivity contribution in [1.29, 1.82) is 0 Å². The molecule has 1 aliphatic rings. The summed E-state index contributed by atoms with van der Waals surface area (Å²) < 4.78 is 42.1. The molecule has 0 unspecified atom stereocenters. The Bertz CT molecular complexity index is 856. The van der Waals surface area contributed by atoms with Gasteiger partial charge in [0.05, 0.1) is 19.8 Å². The summed E-state index contributed by atoms with van der Waals surface area (Å²) in [5, 5.41) is 8.42. The first-order valence-electron chi connectivity index (χ1n) is 9.30. The minimum absolute atomic E-state index is 0.0462. The van der Waals surface area contributed by atoms with Gasteiger partial charge >= 0.3 is 0 Å².